The van der Waals surface area contributed by atoms with Crippen molar-refractivity contribution in [3.63, 3.8) is 0 Å². The average Bonchev–Trinajstić information content (AvgIpc) is 0.899. The molecule has 30 heteroatoms. The van der Waals surface area contributed by atoms with Gasteiger partial charge in [-0.1, -0.05) is 368 Å². The predicted molar refractivity (Wildman–Crippen MR) is 610 cm³/mol. The molecule has 0 saturated heterocycles. The molecular formula is C115H230O25Si5. The van der Waals surface area contributed by atoms with Gasteiger partial charge in [-0.25, -0.2) is 24.0 Å². The summed E-state index contributed by atoms with van der Waals surface area (Å²) in [6.07, 6.45) is 63.0. The third-order valence-corrected chi connectivity index (χ3v) is 37.9. The van der Waals surface area contributed by atoms with Crippen LogP contribution in [0.2, 0.25) is 30.2 Å². The van der Waals surface area contributed by atoms with Gasteiger partial charge in [0.1, 0.15) is 0 Å². The van der Waals surface area contributed by atoms with Gasteiger partial charge in [-0.2, -0.15) is 0 Å². The van der Waals surface area contributed by atoms with Gasteiger partial charge in [-0.15, -0.1) is 0 Å². The minimum atomic E-state index is -2.83. The molecular weight excluding hydrogens is 1920 g/mol. The zero-order valence-electron chi connectivity index (χ0n) is 97.6. The minimum Gasteiger partial charge on any atom is -0.463 e. The second-order valence-electron chi connectivity index (χ2n) is 38.4. The van der Waals surface area contributed by atoms with E-state index < -0.39 is 50.0 Å². The molecule has 0 amide bonds. The quantitative estimate of drug-likeness (QED) is 0.0180. The Morgan fingerprint density at radius 2 is 0.283 bits per heavy atom. The summed E-state index contributed by atoms with van der Waals surface area (Å²) < 4.78 is 121. The molecule has 0 aromatic rings. The minimum absolute atomic E-state index is 0.332. The lowest BCUT2D eigenvalue weighted by Crippen LogP contribution is -2.47. The van der Waals surface area contributed by atoms with E-state index in [1.54, 1.807) is 27.7 Å². The van der Waals surface area contributed by atoms with E-state index in [9.17, 15) is 24.0 Å². The number of unbranched alkanes of at least 4 members (excludes halogenated alkanes) is 36. The van der Waals surface area contributed by atoms with Gasteiger partial charge in [0.25, 0.3) is 0 Å². The van der Waals surface area contributed by atoms with Gasteiger partial charge in [0.15, 0.2) is 0 Å². The van der Waals surface area contributed by atoms with Crippen LogP contribution in [-0.2, 0) is 114 Å². The molecule has 0 atom stereocenters. The first-order valence-corrected chi connectivity index (χ1v) is 68.5. The van der Waals surface area contributed by atoms with Crippen molar-refractivity contribution in [2.24, 2.45) is 0 Å². The summed E-state index contributed by atoms with van der Waals surface area (Å²) in [5, 5.41) is 0. The van der Waals surface area contributed by atoms with Gasteiger partial charge in [-0.3, -0.25) is 0 Å². The Balaban J connectivity index is -0.000000568. The normalized spacial score (nSPS) is 11.6. The monoisotopic (exact) mass is 2150 g/mol. The first-order valence-electron chi connectivity index (χ1n) is 58.9. The number of rotatable bonds is 106. The molecule has 0 fully saturated rings. The lowest BCUT2D eigenvalue weighted by Gasteiger charge is -2.30. The van der Waals surface area contributed by atoms with Gasteiger partial charge >= 0.3 is 73.9 Å². The number of hydrogen-bond donors (Lipinski definition) is 0. The topological polar surface area (TPSA) is 270 Å². The second kappa shape index (κ2) is 113. The maximum Gasteiger partial charge on any atom is 0.501 e. The van der Waals surface area contributed by atoms with E-state index in [1.807, 2.05) is 0 Å². The van der Waals surface area contributed by atoms with Crippen molar-refractivity contribution in [1.29, 1.82) is 0 Å². The molecule has 0 saturated carbocycles. The molecule has 860 valence electrons. The van der Waals surface area contributed by atoms with Crippen LogP contribution in [0.25, 0.3) is 0 Å². The number of ether oxygens (including phenoxy) is 5. The Hall–Kier alpha value is -3.47. The predicted octanol–water partition coefficient (Wildman–Crippen LogP) is 32.2. The van der Waals surface area contributed by atoms with Crippen LogP contribution in [0.4, 0.5) is 0 Å². The molecule has 0 rings (SSSR count). The van der Waals surface area contributed by atoms with Crippen LogP contribution in [-0.4, -0.2) is 206 Å². The Labute approximate surface area is 897 Å². The van der Waals surface area contributed by atoms with E-state index in [0.29, 0.717) is 217 Å². The highest BCUT2D eigenvalue weighted by Crippen LogP contribution is 2.29. The molecule has 0 bridgehead atoms. The summed E-state index contributed by atoms with van der Waals surface area (Å²) in [5.41, 5.74) is 1.70. The number of hydrogen-bond acceptors (Lipinski definition) is 25. The summed E-state index contributed by atoms with van der Waals surface area (Å²) in [4.78, 5) is 57.7. The van der Waals surface area contributed by atoms with Gasteiger partial charge < -0.3 is 90.1 Å². The molecule has 0 unspecified atom stereocenters. The highest BCUT2D eigenvalue weighted by molar-refractivity contribution is 6.62. The van der Waals surface area contributed by atoms with Crippen LogP contribution >= 0.6 is 0 Å². The first kappa shape index (κ1) is 150. The van der Waals surface area contributed by atoms with Crippen LogP contribution in [0.3, 0.4) is 0 Å². The third-order valence-electron chi connectivity index (χ3n) is 23.4. The smallest absolute Gasteiger partial charge is 0.463 e. The third kappa shape index (κ3) is 98.4. The molecule has 0 aliphatic carbocycles. The van der Waals surface area contributed by atoms with Crippen molar-refractivity contribution in [3.8, 4) is 0 Å². The summed E-state index contributed by atoms with van der Waals surface area (Å²) in [6, 6.07) is 3.41. The second-order valence-corrected chi connectivity index (χ2v) is 52.1. The lowest BCUT2D eigenvalue weighted by atomic mass is 10.1. The molecule has 145 heavy (non-hydrogen) atoms. The highest BCUT2D eigenvalue weighted by atomic mass is 28.4. The molecule has 0 aromatic carbocycles. The van der Waals surface area contributed by atoms with Gasteiger partial charge in [0, 0.05) is 158 Å². The first-order chi connectivity index (χ1) is 70.2. The Morgan fingerprint density at radius 3 is 0.428 bits per heavy atom. The summed E-state index contributed by atoms with van der Waals surface area (Å²) in [6.45, 7) is 69.1. The number of carbonyl (C=O) groups excluding carboxylic acids is 5. The zero-order chi connectivity index (χ0) is 109. The molecule has 0 spiro atoms. The van der Waals surface area contributed by atoms with Crippen LogP contribution in [0.5, 0.6) is 0 Å². The summed E-state index contributed by atoms with van der Waals surface area (Å²) >= 11 is 0. The van der Waals surface area contributed by atoms with Crippen LogP contribution in [0.1, 0.15) is 491 Å². The lowest BCUT2D eigenvalue weighted by molar-refractivity contribution is -0.139. The molecule has 0 aromatic heterocycles. The standard InChI is InChI=1S/C31H62O5Si.C25H50O5Si.C22H44O5Si.C19H38O5Si.C18H36O5Si/c1-6-9-12-15-18-21-26-34-37(29-24-25-33-31(32)30(4)5,35-27-22-19-16-13-10-7-2)36-28-23-20-17-14-11-8-3;1-6-9-12-15-20-28-31(29-21-16-13-10-7-2,30-22-17-14-11-8-3)23-18-19-27-25(26)24(4)5;1-6-9-12-17-25-28(26-18-13-10-7-2,27-19-14-11-8-3)20-15-16-24-22(23)21(4)5;1-6-9-14-22-25(23-15-10-7-2,24-16-11-8-3)17-12-13-21-19(20)18(4)5;1-5-9-14-21-24(22-15-10-6-2,23-16-11-7-3)17-12-13-20-18(19)8-4/h4,6-29H2,1-3,5H3;4,6-23H2,1-3,5H3;4,6-20H2,1-3,5H3;4,6-17H2,1-3,5H3;8H,4-7,9-17H2,1-3H3. The van der Waals surface area contributed by atoms with Crippen molar-refractivity contribution in [3.05, 3.63) is 61.3 Å². The highest BCUT2D eigenvalue weighted by Gasteiger charge is 2.45. The van der Waals surface area contributed by atoms with E-state index >= 15 is 0 Å². The Morgan fingerprint density at radius 1 is 0.166 bits per heavy atom. The van der Waals surface area contributed by atoms with E-state index in [1.165, 1.54) is 160 Å². The molecule has 0 aliphatic rings. The number of carbonyl (C=O) groups is 5. The largest absolute Gasteiger partial charge is 0.501 e. The maximum atomic E-state index is 11.8. The van der Waals surface area contributed by atoms with E-state index in [0.717, 1.165) is 173 Å². The van der Waals surface area contributed by atoms with Crippen LogP contribution < -0.4 is 0 Å². The van der Waals surface area contributed by atoms with Gasteiger partial charge in [-0.05, 0) is 156 Å². The summed E-state index contributed by atoms with van der Waals surface area (Å²) in [7, 11) is -13.8. The van der Waals surface area contributed by atoms with Gasteiger partial charge in [0.2, 0.25) is 0 Å². The fourth-order valence-electron chi connectivity index (χ4n) is 14.1. The van der Waals surface area contributed by atoms with Crippen molar-refractivity contribution in [2.45, 2.75) is 521 Å². The maximum absolute atomic E-state index is 11.8. The molecule has 25 nitrogen and oxygen atoms in total. The van der Waals surface area contributed by atoms with Crippen LogP contribution in [0.15, 0.2) is 61.3 Å². The van der Waals surface area contributed by atoms with Crippen LogP contribution in [0, 0.1) is 0 Å². The molecule has 0 radical (unpaired) electrons. The van der Waals surface area contributed by atoms with Crippen molar-refractivity contribution < 1.29 is 114 Å². The van der Waals surface area contributed by atoms with E-state index in [2.05, 4.69) is 137 Å². The summed E-state index contributed by atoms with van der Waals surface area (Å²) in [5.74, 6) is -1.76. The fraction of sp³-hybridized carbons (Fsp3) is 0.870. The van der Waals surface area contributed by atoms with Gasteiger partial charge in [0.05, 0.1) is 33.0 Å². The van der Waals surface area contributed by atoms with E-state index in [-0.39, 0.29) is 23.9 Å². The van der Waals surface area contributed by atoms with E-state index in [4.69, 9.17) is 90.1 Å². The Bertz CT molecular complexity index is 2750. The van der Waals surface area contributed by atoms with Crippen molar-refractivity contribution in [1.82, 2.24) is 0 Å². The SMILES string of the molecule is C=C(C)C(=O)OCCC[Si](OCCCC)(OCCCC)OCCCC.C=C(C)C(=O)OCCC[Si](OCCCCC)(OCCCCC)OCCCCC.C=C(C)C(=O)OCCC[Si](OCCCCCC)(OCCCCCC)OCCCCCC.C=C(C)C(=O)OCCC[Si](OCCCCCCCC)(OCCCCCCCC)OCCCCCCCC.C=CC(=O)OCCC[Si](OCCCC)(OCCCC)OCCCC. The fourth-order valence-corrected chi connectivity index (χ4v) is 27.2. The molecule has 0 N–H and O–H groups in total. The molecule has 0 heterocycles. The number of esters is 5. The van der Waals surface area contributed by atoms with Crippen molar-refractivity contribution >= 4 is 73.9 Å². The van der Waals surface area contributed by atoms with Crippen molar-refractivity contribution in [2.75, 3.05) is 132 Å². The Kier molecular flexibility index (Phi) is 117. The molecule has 0 aliphatic heterocycles. The zero-order valence-corrected chi connectivity index (χ0v) is 103. The average molecular weight is 2150 g/mol.